The number of pyridine rings is 1. The molecule has 1 aromatic carbocycles. The van der Waals surface area contributed by atoms with Gasteiger partial charge in [-0.05, 0) is 43.2 Å². The lowest BCUT2D eigenvalue weighted by Gasteiger charge is -2.13. The van der Waals surface area contributed by atoms with E-state index in [0.717, 1.165) is 11.1 Å². The quantitative estimate of drug-likeness (QED) is 0.876. The summed E-state index contributed by atoms with van der Waals surface area (Å²) in [6.07, 6.45) is 1.66. The Balaban J connectivity index is 2.45. The third-order valence-corrected chi connectivity index (χ3v) is 3.10. The molecule has 4 nitrogen and oxygen atoms in total. The molecule has 0 amide bonds. The molecular weight excluding hydrogens is 272 g/mol. The number of rotatable bonds is 4. The SMILES string of the molecule is COc1cc(C)ccc1Oc1nccc(C)c1C(N)=S. The number of nitrogens with zero attached hydrogens (tertiary/aromatic N) is 1. The van der Waals surface area contributed by atoms with E-state index in [0.29, 0.717) is 22.9 Å². The minimum Gasteiger partial charge on any atom is -0.493 e. The van der Waals surface area contributed by atoms with Crippen molar-refractivity contribution >= 4 is 17.2 Å². The summed E-state index contributed by atoms with van der Waals surface area (Å²) < 4.78 is 11.1. The first-order valence-corrected chi connectivity index (χ1v) is 6.51. The lowest BCUT2D eigenvalue weighted by Crippen LogP contribution is -2.13. The third kappa shape index (κ3) is 2.88. The molecule has 5 heteroatoms. The zero-order valence-electron chi connectivity index (χ0n) is 11.6. The van der Waals surface area contributed by atoms with Crippen LogP contribution in [-0.2, 0) is 0 Å². The molecule has 0 aliphatic heterocycles. The smallest absolute Gasteiger partial charge is 0.229 e. The largest absolute Gasteiger partial charge is 0.493 e. The van der Waals surface area contributed by atoms with Crippen LogP contribution >= 0.6 is 12.2 Å². The molecule has 2 rings (SSSR count). The number of hydrogen-bond donors (Lipinski definition) is 1. The Labute approximate surface area is 123 Å². The lowest BCUT2D eigenvalue weighted by atomic mass is 10.1. The van der Waals surface area contributed by atoms with E-state index in [1.54, 1.807) is 13.3 Å². The summed E-state index contributed by atoms with van der Waals surface area (Å²) in [4.78, 5) is 4.47. The highest BCUT2D eigenvalue weighted by atomic mass is 32.1. The average Bonchev–Trinajstić information content (AvgIpc) is 2.40. The van der Waals surface area contributed by atoms with Crippen molar-refractivity contribution in [3.8, 4) is 17.4 Å². The molecule has 104 valence electrons. The maximum absolute atomic E-state index is 5.83. The fraction of sp³-hybridized carbons (Fsp3) is 0.200. The van der Waals surface area contributed by atoms with Crippen LogP contribution in [0.5, 0.6) is 17.4 Å². The molecule has 0 spiro atoms. The molecular formula is C15H16N2O2S. The van der Waals surface area contributed by atoms with Crippen LogP contribution in [0.4, 0.5) is 0 Å². The highest BCUT2D eigenvalue weighted by molar-refractivity contribution is 7.80. The first-order chi connectivity index (χ1) is 9.52. The van der Waals surface area contributed by atoms with E-state index in [4.69, 9.17) is 27.4 Å². The molecule has 0 saturated heterocycles. The Morgan fingerprint density at radius 3 is 2.60 bits per heavy atom. The number of methoxy groups -OCH3 is 1. The van der Waals surface area contributed by atoms with E-state index in [-0.39, 0.29) is 4.99 Å². The van der Waals surface area contributed by atoms with Crippen LogP contribution in [0.15, 0.2) is 30.5 Å². The Morgan fingerprint density at radius 2 is 1.95 bits per heavy atom. The van der Waals surface area contributed by atoms with Crippen LogP contribution in [0.25, 0.3) is 0 Å². The number of thiocarbonyl (C=S) groups is 1. The van der Waals surface area contributed by atoms with Crippen molar-refractivity contribution in [2.75, 3.05) is 7.11 Å². The van der Waals surface area contributed by atoms with Crippen LogP contribution in [0.2, 0.25) is 0 Å². The Bertz CT molecular complexity index is 656. The minimum atomic E-state index is 0.261. The van der Waals surface area contributed by atoms with Gasteiger partial charge in [0, 0.05) is 6.20 Å². The minimum absolute atomic E-state index is 0.261. The molecule has 0 radical (unpaired) electrons. The van der Waals surface area contributed by atoms with Crippen molar-refractivity contribution in [3.63, 3.8) is 0 Å². The first kappa shape index (κ1) is 14.3. The number of hydrogen-bond acceptors (Lipinski definition) is 4. The average molecular weight is 288 g/mol. The number of benzene rings is 1. The van der Waals surface area contributed by atoms with Gasteiger partial charge in [-0.15, -0.1) is 0 Å². The van der Waals surface area contributed by atoms with Crippen molar-refractivity contribution in [2.24, 2.45) is 5.73 Å². The molecule has 0 atom stereocenters. The zero-order valence-corrected chi connectivity index (χ0v) is 12.5. The molecule has 1 aromatic heterocycles. The molecule has 0 bridgehead atoms. The van der Waals surface area contributed by atoms with Gasteiger partial charge < -0.3 is 15.2 Å². The Kier molecular flexibility index (Phi) is 4.20. The lowest BCUT2D eigenvalue weighted by molar-refractivity contribution is 0.373. The molecule has 2 N–H and O–H groups in total. The van der Waals surface area contributed by atoms with Crippen LogP contribution in [0.3, 0.4) is 0 Å². The molecule has 1 heterocycles. The van der Waals surface area contributed by atoms with Crippen LogP contribution in [0.1, 0.15) is 16.7 Å². The molecule has 20 heavy (non-hydrogen) atoms. The summed E-state index contributed by atoms with van der Waals surface area (Å²) >= 11 is 5.06. The number of nitrogens with two attached hydrogens (primary N) is 1. The second-order valence-corrected chi connectivity index (χ2v) is 4.87. The number of aromatic nitrogens is 1. The van der Waals surface area contributed by atoms with Gasteiger partial charge in [0.25, 0.3) is 0 Å². The highest BCUT2D eigenvalue weighted by Crippen LogP contribution is 2.33. The number of aryl methyl sites for hydroxylation is 2. The van der Waals surface area contributed by atoms with Crippen molar-refractivity contribution in [2.45, 2.75) is 13.8 Å². The van der Waals surface area contributed by atoms with E-state index in [9.17, 15) is 0 Å². The normalized spacial score (nSPS) is 10.2. The Morgan fingerprint density at radius 1 is 1.20 bits per heavy atom. The second kappa shape index (κ2) is 5.88. The molecule has 0 aliphatic rings. The van der Waals surface area contributed by atoms with Crippen LogP contribution in [0, 0.1) is 13.8 Å². The summed E-state index contributed by atoms with van der Waals surface area (Å²) in [5, 5.41) is 0. The summed E-state index contributed by atoms with van der Waals surface area (Å²) in [6.45, 7) is 3.90. The van der Waals surface area contributed by atoms with E-state index in [1.165, 1.54) is 0 Å². The summed E-state index contributed by atoms with van der Waals surface area (Å²) in [5.41, 5.74) is 8.40. The maximum atomic E-state index is 5.83. The summed E-state index contributed by atoms with van der Waals surface area (Å²) in [5.74, 6) is 1.61. The molecule has 0 saturated carbocycles. The number of ether oxygens (including phenoxy) is 2. The van der Waals surface area contributed by atoms with Crippen LogP contribution in [-0.4, -0.2) is 17.1 Å². The first-order valence-electron chi connectivity index (χ1n) is 6.11. The molecule has 0 fully saturated rings. The Hall–Kier alpha value is -2.14. The van der Waals surface area contributed by atoms with E-state index >= 15 is 0 Å². The van der Waals surface area contributed by atoms with Crippen molar-refractivity contribution in [3.05, 3.63) is 47.2 Å². The van der Waals surface area contributed by atoms with Crippen molar-refractivity contribution < 1.29 is 9.47 Å². The van der Waals surface area contributed by atoms with E-state index < -0.39 is 0 Å². The topological polar surface area (TPSA) is 57.4 Å². The van der Waals surface area contributed by atoms with Gasteiger partial charge in [-0.2, -0.15) is 0 Å². The van der Waals surface area contributed by atoms with Gasteiger partial charge in [0.2, 0.25) is 5.88 Å². The highest BCUT2D eigenvalue weighted by Gasteiger charge is 2.14. The maximum Gasteiger partial charge on any atom is 0.229 e. The standard InChI is InChI=1S/C15H16N2O2S/c1-9-4-5-11(12(8-9)18-3)19-15-13(14(16)20)10(2)6-7-17-15/h4-8H,1-3H3,(H2,16,20). The van der Waals surface area contributed by atoms with Crippen molar-refractivity contribution in [1.29, 1.82) is 0 Å². The second-order valence-electron chi connectivity index (χ2n) is 4.43. The van der Waals surface area contributed by atoms with Gasteiger partial charge in [-0.3, -0.25) is 0 Å². The summed E-state index contributed by atoms with van der Waals surface area (Å²) in [6, 6.07) is 7.51. The van der Waals surface area contributed by atoms with Gasteiger partial charge in [-0.25, -0.2) is 4.98 Å². The van der Waals surface area contributed by atoms with Gasteiger partial charge >= 0.3 is 0 Å². The fourth-order valence-electron chi connectivity index (χ4n) is 1.87. The predicted octanol–water partition coefficient (Wildman–Crippen LogP) is 3.13. The summed E-state index contributed by atoms with van der Waals surface area (Å²) in [7, 11) is 1.60. The third-order valence-electron chi connectivity index (χ3n) is 2.90. The fourth-order valence-corrected chi connectivity index (χ4v) is 2.12. The monoisotopic (exact) mass is 288 g/mol. The van der Waals surface area contributed by atoms with Gasteiger partial charge in [0.15, 0.2) is 11.5 Å². The van der Waals surface area contributed by atoms with Gasteiger partial charge in [-0.1, -0.05) is 18.3 Å². The zero-order chi connectivity index (χ0) is 14.7. The van der Waals surface area contributed by atoms with E-state index in [1.807, 2.05) is 38.1 Å². The predicted molar refractivity (Wildman–Crippen MR) is 82.7 cm³/mol. The van der Waals surface area contributed by atoms with Gasteiger partial charge in [0.05, 0.1) is 12.7 Å². The molecule has 0 aliphatic carbocycles. The van der Waals surface area contributed by atoms with E-state index in [2.05, 4.69) is 4.98 Å². The van der Waals surface area contributed by atoms with Crippen LogP contribution < -0.4 is 15.2 Å². The van der Waals surface area contributed by atoms with Crippen molar-refractivity contribution in [1.82, 2.24) is 4.98 Å². The van der Waals surface area contributed by atoms with Gasteiger partial charge in [0.1, 0.15) is 4.99 Å². The molecule has 0 unspecified atom stereocenters. The molecule has 2 aromatic rings.